The first-order valence-corrected chi connectivity index (χ1v) is 13.5. The summed E-state index contributed by atoms with van der Waals surface area (Å²) in [4.78, 5) is 34.8. The number of aryl methyl sites for hydroxylation is 1. The molecular formula is C30H39N3O2. The Balaban J connectivity index is 1.87. The number of unbranched alkanes of at least 4 members (excludes halogenated alkanes) is 1. The van der Waals surface area contributed by atoms with Crippen LogP contribution in [0.1, 0.15) is 89.6 Å². The van der Waals surface area contributed by atoms with Gasteiger partial charge in [0.2, 0.25) is 5.91 Å². The SMILES string of the molecule is CCCCN(C(=O)C1CCCCC1)C(CC)c1nc2ccccc2c(=O)n1-c1ccc(CC)cc1. The molecule has 186 valence electrons. The Morgan fingerprint density at radius 3 is 2.40 bits per heavy atom. The number of benzene rings is 2. The van der Waals surface area contributed by atoms with Gasteiger partial charge in [-0.25, -0.2) is 4.98 Å². The molecule has 2 aromatic carbocycles. The van der Waals surface area contributed by atoms with Crippen molar-refractivity contribution < 1.29 is 4.79 Å². The van der Waals surface area contributed by atoms with Crippen LogP contribution >= 0.6 is 0 Å². The highest BCUT2D eigenvalue weighted by Gasteiger charge is 2.33. The summed E-state index contributed by atoms with van der Waals surface area (Å²) >= 11 is 0. The first-order chi connectivity index (χ1) is 17.1. The van der Waals surface area contributed by atoms with Crippen LogP contribution in [-0.2, 0) is 11.2 Å². The van der Waals surface area contributed by atoms with E-state index in [-0.39, 0.29) is 23.4 Å². The van der Waals surface area contributed by atoms with Crippen molar-refractivity contribution in [1.82, 2.24) is 14.5 Å². The van der Waals surface area contributed by atoms with Gasteiger partial charge in [-0.15, -0.1) is 0 Å². The minimum atomic E-state index is -0.251. The van der Waals surface area contributed by atoms with E-state index in [0.29, 0.717) is 29.7 Å². The molecular weight excluding hydrogens is 434 g/mol. The molecule has 1 saturated carbocycles. The zero-order valence-corrected chi connectivity index (χ0v) is 21.5. The summed E-state index contributed by atoms with van der Waals surface area (Å²) in [6.07, 6.45) is 9.00. The standard InChI is InChI=1S/C30H39N3O2/c1-4-7-21-32(29(34)23-13-9-8-10-14-23)27(6-3)28-31-26-16-12-11-15-25(26)30(35)33(28)24-19-17-22(5-2)18-20-24/h11-12,15-20,23,27H,4-10,13-14,21H2,1-3H3. The molecule has 35 heavy (non-hydrogen) atoms. The number of aromatic nitrogens is 2. The van der Waals surface area contributed by atoms with Gasteiger partial charge in [-0.3, -0.25) is 14.2 Å². The van der Waals surface area contributed by atoms with Gasteiger partial charge >= 0.3 is 0 Å². The van der Waals surface area contributed by atoms with Crippen LogP contribution in [0, 0.1) is 5.92 Å². The fourth-order valence-corrected chi connectivity index (χ4v) is 5.38. The lowest BCUT2D eigenvalue weighted by Crippen LogP contribution is -2.42. The summed E-state index contributed by atoms with van der Waals surface area (Å²) < 4.78 is 1.75. The first kappa shape index (κ1) is 25.2. The van der Waals surface area contributed by atoms with E-state index in [1.165, 1.54) is 12.0 Å². The molecule has 1 amide bonds. The number of carbonyl (C=O) groups is 1. The Labute approximate surface area is 209 Å². The van der Waals surface area contributed by atoms with Crippen LogP contribution in [0.25, 0.3) is 16.6 Å². The van der Waals surface area contributed by atoms with Crippen LogP contribution in [0.5, 0.6) is 0 Å². The fraction of sp³-hybridized carbons (Fsp3) is 0.500. The first-order valence-electron chi connectivity index (χ1n) is 13.5. The molecule has 1 atom stereocenters. The number of nitrogens with zero attached hydrogens (tertiary/aromatic N) is 3. The van der Waals surface area contributed by atoms with Gasteiger partial charge in [-0.1, -0.05) is 70.7 Å². The van der Waals surface area contributed by atoms with Crippen molar-refractivity contribution in [3.63, 3.8) is 0 Å². The lowest BCUT2D eigenvalue weighted by Gasteiger charge is -2.36. The van der Waals surface area contributed by atoms with E-state index in [0.717, 1.165) is 50.6 Å². The Morgan fingerprint density at radius 2 is 1.74 bits per heavy atom. The number of hydrogen-bond donors (Lipinski definition) is 0. The third-order valence-corrected chi connectivity index (χ3v) is 7.46. The normalized spacial score (nSPS) is 15.3. The topological polar surface area (TPSA) is 55.2 Å². The molecule has 1 heterocycles. The molecule has 0 radical (unpaired) electrons. The second-order valence-electron chi connectivity index (χ2n) is 9.79. The van der Waals surface area contributed by atoms with Crippen LogP contribution in [-0.4, -0.2) is 26.9 Å². The van der Waals surface area contributed by atoms with E-state index >= 15 is 0 Å². The number of para-hydroxylation sites is 1. The van der Waals surface area contributed by atoms with E-state index in [4.69, 9.17) is 4.98 Å². The van der Waals surface area contributed by atoms with E-state index in [1.54, 1.807) is 4.57 Å². The summed E-state index contributed by atoms with van der Waals surface area (Å²) in [5.41, 5.74) is 2.64. The van der Waals surface area contributed by atoms with Crippen LogP contribution in [0.3, 0.4) is 0 Å². The third-order valence-electron chi connectivity index (χ3n) is 7.46. The quantitative estimate of drug-likeness (QED) is 0.351. The molecule has 0 bridgehead atoms. The second-order valence-corrected chi connectivity index (χ2v) is 9.79. The molecule has 1 aliphatic carbocycles. The lowest BCUT2D eigenvalue weighted by molar-refractivity contribution is -0.139. The van der Waals surface area contributed by atoms with Crippen LogP contribution in [0.2, 0.25) is 0 Å². The highest BCUT2D eigenvalue weighted by Crippen LogP contribution is 2.32. The van der Waals surface area contributed by atoms with Gasteiger partial charge in [0, 0.05) is 12.5 Å². The minimum Gasteiger partial charge on any atom is -0.332 e. The molecule has 1 aromatic heterocycles. The van der Waals surface area contributed by atoms with Crippen molar-refractivity contribution in [2.24, 2.45) is 5.92 Å². The van der Waals surface area contributed by atoms with Gasteiger partial charge in [0.05, 0.1) is 22.6 Å². The highest BCUT2D eigenvalue weighted by atomic mass is 16.2. The van der Waals surface area contributed by atoms with E-state index in [1.807, 2.05) is 41.3 Å². The van der Waals surface area contributed by atoms with E-state index < -0.39 is 0 Å². The van der Waals surface area contributed by atoms with Gasteiger partial charge < -0.3 is 4.90 Å². The van der Waals surface area contributed by atoms with Crippen molar-refractivity contribution in [3.8, 4) is 5.69 Å². The van der Waals surface area contributed by atoms with Gasteiger partial charge in [0.25, 0.3) is 5.56 Å². The zero-order valence-electron chi connectivity index (χ0n) is 21.5. The molecule has 3 aromatic rings. The predicted octanol–water partition coefficient (Wildman–Crippen LogP) is 6.61. The van der Waals surface area contributed by atoms with Gasteiger partial charge in [-0.2, -0.15) is 0 Å². The van der Waals surface area contributed by atoms with Gasteiger partial charge in [-0.05, 0) is 61.9 Å². The largest absolute Gasteiger partial charge is 0.332 e. The summed E-state index contributed by atoms with van der Waals surface area (Å²) in [7, 11) is 0. The zero-order chi connectivity index (χ0) is 24.8. The van der Waals surface area contributed by atoms with Gasteiger partial charge in [0.1, 0.15) is 5.82 Å². The maximum absolute atomic E-state index is 13.9. The molecule has 0 saturated heterocycles. The lowest BCUT2D eigenvalue weighted by atomic mass is 9.87. The Bertz CT molecular complexity index is 1190. The number of fused-ring (bicyclic) bond motifs is 1. The summed E-state index contributed by atoms with van der Waals surface area (Å²) in [6.45, 7) is 7.08. The average molecular weight is 474 g/mol. The summed E-state index contributed by atoms with van der Waals surface area (Å²) in [5, 5.41) is 0.601. The fourth-order valence-electron chi connectivity index (χ4n) is 5.38. The predicted molar refractivity (Wildman–Crippen MR) is 143 cm³/mol. The average Bonchev–Trinajstić information content (AvgIpc) is 2.91. The molecule has 5 nitrogen and oxygen atoms in total. The molecule has 1 aliphatic rings. The summed E-state index contributed by atoms with van der Waals surface area (Å²) in [6, 6.07) is 15.4. The van der Waals surface area contributed by atoms with Crippen molar-refractivity contribution in [2.45, 2.75) is 84.6 Å². The van der Waals surface area contributed by atoms with Crippen LogP contribution in [0.15, 0.2) is 53.3 Å². The minimum absolute atomic E-state index is 0.0751. The maximum atomic E-state index is 13.9. The molecule has 0 N–H and O–H groups in total. The molecule has 4 rings (SSSR count). The van der Waals surface area contributed by atoms with Gasteiger partial charge in [0.15, 0.2) is 0 Å². The van der Waals surface area contributed by atoms with Crippen molar-refractivity contribution in [1.29, 1.82) is 0 Å². The van der Waals surface area contributed by atoms with Crippen molar-refractivity contribution in [3.05, 3.63) is 70.3 Å². The highest BCUT2D eigenvalue weighted by molar-refractivity contribution is 5.80. The van der Waals surface area contributed by atoms with Crippen molar-refractivity contribution >= 4 is 16.8 Å². The smallest absolute Gasteiger partial charge is 0.266 e. The number of hydrogen-bond acceptors (Lipinski definition) is 3. The van der Waals surface area contributed by atoms with Crippen LogP contribution < -0.4 is 5.56 Å². The van der Waals surface area contributed by atoms with Crippen LogP contribution in [0.4, 0.5) is 0 Å². The monoisotopic (exact) mass is 473 g/mol. The van der Waals surface area contributed by atoms with E-state index in [2.05, 4.69) is 32.9 Å². The third kappa shape index (κ3) is 5.34. The van der Waals surface area contributed by atoms with Crippen molar-refractivity contribution in [2.75, 3.05) is 6.54 Å². The Hall–Kier alpha value is -2.95. The maximum Gasteiger partial charge on any atom is 0.266 e. The molecule has 1 unspecified atom stereocenters. The number of carbonyl (C=O) groups excluding carboxylic acids is 1. The number of rotatable bonds is 9. The second kappa shape index (κ2) is 11.7. The Kier molecular flexibility index (Phi) is 8.37. The van der Waals surface area contributed by atoms with E-state index in [9.17, 15) is 9.59 Å². The Morgan fingerprint density at radius 1 is 1.03 bits per heavy atom. The number of amides is 1. The molecule has 1 fully saturated rings. The summed E-state index contributed by atoms with van der Waals surface area (Å²) in [5.74, 6) is 0.986. The molecule has 0 spiro atoms. The molecule has 0 aliphatic heterocycles. The molecule has 5 heteroatoms.